The molecule has 3 aromatic rings. The summed E-state index contributed by atoms with van der Waals surface area (Å²) in [6, 6.07) is 14.3. The molecule has 0 spiro atoms. The van der Waals surface area contributed by atoms with Crippen LogP contribution in [0, 0.1) is 0 Å². The Balaban J connectivity index is 1.77. The normalized spacial score (nSPS) is 15.9. The van der Waals surface area contributed by atoms with Crippen molar-refractivity contribution in [2.75, 3.05) is 25.6 Å². The molecule has 2 N–H and O–H groups in total. The number of nitrogens with zero attached hydrogens (tertiary/aromatic N) is 1. The van der Waals surface area contributed by atoms with E-state index in [9.17, 15) is 5.11 Å². The number of ether oxygens (including phenoxy) is 2. The van der Waals surface area contributed by atoms with E-state index in [1.165, 1.54) is 0 Å². The number of anilines is 1. The highest BCUT2D eigenvalue weighted by Crippen LogP contribution is 2.39. The van der Waals surface area contributed by atoms with Crippen LogP contribution in [0.2, 0.25) is 10.0 Å². The van der Waals surface area contributed by atoms with Gasteiger partial charge in [0.25, 0.3) is 0 Å². The summed E-state index contributed by atoms with van der Waals surface area (Å²) in [4.78, 5) is 4.71. The second-order valence-corrected chi connectivity index (χ2v) is 7.94. The van der Waals surface area contributed by atoms with E-state index in [0.717, 1.165) is 30.6 Å². The van der Waals surface area contributed by atoms with Crippen molar-refractivity contribution in [1.29, 1.82) is 0 Å². The molecule has 156 valence electrons. The summed E-state index contributed by atoms with van der Waals surface area (Å²) >= 11 is 12.9. The number of halogens is 2. The van der Waals surface area contributed by atoms with Crippen molar-refractivity contribution in [2.24, 2.45) is 0 Å². The minimum atomic E-state index is 0.0781. The number of rotatable bonds is 6. The van der Waals surface area contributed by atoms with Gasteiger partial charge in [-0.05, 0) is 54.8 Å². The van der Waals surface area contributed by atoms with Crippen molar-refractivity contribution < 1.29 is 14.6 Å². The maximum absolute atomic E-state index is 10.5. The van der Waals surface area contributed by atoms with Gasteiger partial charge in [-0.2, -0.15) is 0 Å². The number of phenols is 1. The fourth-order valence-corrected chi connectivity index (χ4v) is 4.17. The topological polar surface area (TPSA) is 63.6 Å². The molecule has 1 fully saturated rings. The Hall–Kier alpha value is -2.47. The molecule has 1 unspecified atom stereocenters. The molecule has 1 atom stereocenters. The molecule has 2 heterocycles. The highest BCUT2D eigenvalue weighted by molar-refractivity contribution is 6.39. The molecule has 1 aliphatic rings. The predicted octanol–water partition coefficient (Wildman–Crippen LogP) is 6.03. The Morgan fingerprint density at radius 1 is 1.17 bits per heavy atom. The summed E-state index contributed by atoms with van der Waals surface area (Å²) in [6.45, 7) is 1.45. The molecule has 4 rings (SSSR count). The van der Waals surface area contributed by atoms with Gasteiger partial charge in [-0.3, -0.25) is 0 Å². The lowest BCUT2D eigenvalue weighted by molar-refractivity contribution is 0.120. The third-order valence-electron chi connectivity index (χ3n) is 5.09. The number of nitrogens with one attached hydrogen (secondary N) is 1. The molecule has 1 aromatic heterocycles. The first-order chi connectivity index (χ1) is 14.5. The predicted molar refractivity (Wildman–Crippen MR) is 121 cm³/mol. The molecule has 30 heavy (non-hydrogen) atoms. The van der Waals surface area contributed by atoms with Crippen LogP contribution in [0.25, 0.3) is 22.4 Å². The zero-order valence-electron chi connectivity index (χ0n) is 16.5. The number of benzene rings is 2. The maximum atomic E-state index is 10.5. The van der Waals surface area contributed by atoms with Crippen LogP contribution in [-0.4, -0.2) is 36.5 Å². The second kappa shape index (κ2) is 9.13. The minimum absolute atomic E-state index is 0.0781. The van der Waals surface area contributed by atoms with Crippen molar-refractivity contribution in [3.05, 3.63) is 58.6 Å². The van der Waals surface area contributed by atoms with Gasteiger partial charge in [0.1, 0.15) is 17.3 Å². The first-order valence-electron chi connectivity index (χ1n) is 9.74. The number of hydrogen-bond acceptors (Lipinski definition) is 5. The molecule has 1 saturated heterocycles. The lowest BCUT2D eigenvalue weighted by Crippen LogP contribution is -2.19. The van der Waals surface area contributed by atoms with E-state index in [-0.39, 0.29) is 11.9 Å². The summed E-state index contributed by atoms with van der Waals surface area (Å²) in [6.07, 6.45) is 2.26. The van der Waals surface area contributed by atoms with Crippen molar-refractivity contribution >= 4 is 29.0 Å². The maximum Gasteiger partial charge on any atom is 0.128 e. The van der Waals surface area contributed by atoms with E-state index in [0.29, 0.717) is 39.4 Å². The quantitative estimate of drug-likeness (QED) is 0.485. The van der Waals surface area contributed by atoms with Gasteiger partial charge in [0.05, 0.1) is 18.9 Å². The number of aromatic hydroxyl groups is 1. The average Bonchev–Trinajstić information content (AvgIpc) is 3.25. The second-order valence-electron chi connectivity index (χ2n) is 7.12. The van der Waals surface area contributed by atoms with Crippen molar-refractivity contribution in [1.82, 2.24) is 4.98 Å². The van der Waals surface area contributed by atoms with Gasteiger partial charge in [0, 0.05) is 40.4 Å². The van der Waals surface area contributed by atoms with Gasteiger partial charge in [-0.15, -0.1) is 0 Å². The molecule has 1 aliphatic heterocycles. The highest BCUT2D eigenvalue weighted by atomic mass is 35.5. The SMILES string of the molecule is COc1ccc(-c2cc(-c3c(Cl)cccc3Cl)cc(NCC3CCCO3)n2)c(O)c1. The van der Waals surface area contributed by atoms with E-state index >= 15 is 0 Å². The Morgan fingerprint density at radius 3 is 2.63 bits per heavy atom. The number of hydrogen-bond donors (Lipinski definition) is 2. The van der Waals surface area contributed by atoms with Crippen LogP contribution in [0.4, 0.5) is 5.82 Å². The van der Waals surface area contributed by atoms with Gasteiger partial charge >= 0.3 is 0 Å². The lowest BCUT2D eigenvalue weighted by Gasteiger charge is -2.16. The standard InChI is InChI=1S/C23H22Cl2N2O3/c1-29-15-7-8-17(21(28)12-15)20-10-14(23-18(24)5-2-6-19(23)25)11-22(27-20)26-13-16-4-3-9-30-16/h2,5-8,10-12,16,28H,3-4,9,13H2,1H3,(H,26,27). The van der Waals surface area contributed by atoms with Crippen LogP contribution in [-0.2, 0) is 4.74 Å². The molecular weight excluding hydrogens is 423 g/mol. The molecule has 5 nitrogen and oxygen atoms in total. The van der Waals surface area contributed by atoms with E-state index < -0.39 is 0 Å². The smallest absolute Gasteiger partial charge is 0.128 e. The summed E-state index contributed by atoms with van der Waals surface area (Å²) in [5, 5.41) is 15.0. The molecular formula is C23H22Cl2N2O3. The summed E-state index contributed by atoms with van der Waals surface area (Å²) < 4.78 is 10.9. The minimum Gasteiger partial charge on any atom is -0.507 e. The van der Waals surface area contributed by atoms with Crippen molar-refractivity contribution in [2.45, 2.75) is 18.9 Å². The highest BCUT2D eigenvalue weighted by Gasteiger charge is 2.18. The van der Waals surface area contributed by atoms with Gasteiger partial charge in [-0.1, -0.05) is 29.3 Å². The Bertz CT molecular complexity index is 1030. The van der Waals surface area contributed by atoms with Crippen LogP contribution < -0.4 is 10.1 Å². The molecule has 0 saturated carbocycles. The molecule has 2 aromatic carbocycles. The van der Waals surface area contributed by atoms with E-state index in [2.05, 4.69) is 5.32 Å². The molecule has 0 radical (unpaired) electrons. The van der Waals surface area contributed by atoms with Crippen molar-refractivity contribution in [3.8, 4) is 33.9 Å². The number of phenolic OH excluding ortho intramolecular Hbond substituents is 1. The Labute approximate surface area is 185 Å². The third-order valence-corrected chi connectivity index (χ3v) is 5.72. The zero-order valence-corrected chi connectivity index (χ0v) is 18.0. The molecule has 0 amide bonds. The van der Waals surface area contributed by atoms with Crippen LogP contribution in [0.1, 0.15) is 12.8 Å². The van der Waals surface area contributed by atoms with Gasteiger partial charge in [-0.25, -0.2) is 4.98 Å². The number of pyridine rings is 1. The van der Waals surface area contributed by atoms with E-state index in [4.69, 9.17) is 37.7 Å². The number of aromatic nitrogens is 1. The summed E-state index contributed by atoms with van der Waals surface area (Å²) in [7, 11) is 1.56. The van der Waals surface area contributed by atoms with Gasteiger partial charge in [0.2, 0.25) is 0 Å². The van der Waals surface area contributed by atoms with Crippen LogP contribution >= 0.6 is 23.2 Å². The molecule has 7 heteroatoms. The van der Waals surface area contributed by atoms with Crippen LogP contribution in [0.3, 0.4) is 0 Å². The van der Waals surface area contributed by atoms with E-state index in [1.807, 2.05) is 18.2 Å². The first kappa shape index (κ1) is 20.8. The monoisotopic (exact) mass is 444 g/mol. The fourth-order valence-electron chi connectivity index (χ4n) is 3.56. The Kier molecular flexibility index (Phi) is 6.32. The number of methoxy groups -OCH3 is 1. The first-order valence-corrected chi connectivity index (χ1v) is 10.5. The fraction of sp³-hybridized carbons (Fsp3) is 0.261. The summed E-state index contributed by atoms with van der Waals surface area (Å²) in [5.41, 5.74) is 2.71. The van der Waals surface area contributed by atoms with Crippen LogP contribution in [0.15, 0.2) is 48.5 Å². The molecule has 0 bridgehead atoms. The third kappa shape index (κ3) is 4.48. The van der Waals surface area contributed by atoms with Crippen molar-refractivity contribution in [3.63, 3.8) is 0 Å². The summed E-state index contributed by atoms with van der Waals surface area (Å²) in [5.74, 6) is 1.30. The Morgan fingerprint density at radius 2 is 1.97 bits per heavy atom. The largest absolute Gasteiger partial charge is 0.507 e. The lowest BCUT2D eigenvalue weighted by atomic mass is 10.0. The van der Waals surface area contributed by atoms with E-state index in [1.54, 1.807) is 37.4 Å². The molecule has 0 aliphatic carbocycles. The zero-order chi connectivity index (χ0) is 21.1. The van der Waals surface area contributed by atoms with Gasteiger partial charge in [0.15, 0.2) is 0 Å². The van der Waals surface area contributed by atoms with Crippen LogP contribution in [0.5, 0.6) is 11.5 Å². The average molecular weight is 445 g/mol. The van der Waals surface area contributed by atoms with Gasteiger partial charge < -0.3 is 19.9 Å².